The topological polar surface area (TPSA) is 155 Å². The zero-order valence-electron chi connectivity index (χ0n) is 51.2. The largest absolute Gasteiger partial charge is 0.472 e. The fraction of sp³-hybridized carbons (Fsp3) is 0.894. The lowest BCUT2D eigenvalue weighted by Gasteiger charge is -2.21. The van der Waals surface area contributed by atoms with Gasteiger partial charge in [0.1, 0.15) is 12.7 Å². The van der Waals surface area contributed by atoms with Gasteiger partial charge in [-0.1, -0.05) is 276 Å². The molecule has 11 nitrogen and oxygen atoms in total. The van der Waals surface area contributed by atoms with Gasteiger partial charge in [0.15, 0.2) is 6.10 Å². The van der Waals surface area contributed by atoms with Crippen molar-refractivity contribution < 1.29 is 52.2 Å². The van der Waals surface area contributed by atoms with Gasteiger partial charge in [-0.05, 0) is 70.6 Å². The molecule has 0 spiro atoms. The maximum atomic E-state index is 13.0. The quantitative estimate of drug-likeness (QED) is 0.0197. The number of aliphatic hydroxyl groups is 1. The maximum absolute atomic E-state index is 13.0. The highest BCUT2D eigenvalue weighted by molar-refractivity contribution is 7.47. The summed E-state index contributed by atoms with van der Waals surface area (Å²) < 4.78 is 39.7. The van der Waals surface area contributed by atoms with Gasteiger partial charge < -0.3 is 24.2 Å². The predicted octanol–water partition coefficient (Wildman–Crippen LogP) is 20.2. The molecule has 0 aliphatic carbocycles. The molecule has 78 heavy (non-hydrogen) atoms. The zero-order valence-corrected chi connectivity index (χ0v) is 52.1. The molecule has 0 amide bonds. The molecule has 0 saturated heterocycles. The number of esters is 3. The Bertz CT molecular complexity index is 1400. The molecular formula is C66H125O11P. The van der Waals surface area contributed by atoms with E-state index in [0.717, 1.165) is 77.0 Å². The SMILES string of the molecule is CCCCCCCC/C=C\CCCCCCCCCCCC(=O)OC(COC(=O)CCCCCCCCCCCCCCCCCCC)COP(=O)(O)OCC(CO)OC(=O)CCCCCCC/C=C\CCCCCCCC. The fourth-order valence-corrected chi connectivity index (χ4v) is 10.5. The molecule has 0 aliphatic heterocycles. The molecule has 3 unspecified atom stereocenters. The molecule has 12 heteroatoms. The van der Waals surface area contributed by atoms with Crippen LogP contribution >= 0.6 is 7.82 Å². The van der Waals surface area contributed by atoms with Crippen molar-refractivity contribution in [2.75, 3.05) is 26.4 Å². The monoisotopic (exact) mass is 1120 g/mol. The van der Waals surface area contributed by atoms with Crippen molar-refractivity contribution in [3.8, 4) is 0 Å². The Kier molecular flexibility index (Phi) is 59.4. The molecule has 2 N–H and O–H groups in total. The lowest BCUT2D eigenvalue weighted by molar-refractivity contribution is -0.161. The van der Waals surface area contributed by atoms with Crippen LogP contribution in [0.2, 0.25) is 0 Å². The van der Waals surface area contributed by atoms with E-state index < -0.39 is 57.8 Å². The molecule has 0 aromatic heterocycles. The smallest absolute Gasteiger partial charge is 0.462 e. The third-order valence-electron chi connectivity index (χ3n) is 14.8. The van der Waals surface area contributed by atoms with Gasteiger partial charge in [-0.3, -0.25) is 23.4 Å². The molecule has 0 rings (SSSR count). The number of hydrogen-bond acceptors (Lipinski definition) is 10. The molecule has 0 bridgehead atoms. The molecule has 0 aliphatic rings. The molecule has 3 atom stereocenters. The Morgan fingerprint density at radius 3 is 0.885 bits per heavy atom. The van der Waals surface area contributed by atoms with Gasteiger partial charge in [-0.25, -0.2) is 4.57 Å². The first kappa shape index (κ1) is 76.0. The van der Waals surface area contributed by atoms with Crippen LogP contribution in [0.5, 0.6) is 0 Å². The number of carbonyl (C=O) groups excluding carboxylic acids is 3. The lowest BCUT2D eigenvalue weighted by Crippen LogP contribution is -2.30. The first-order valence-corrected chi connectivity index (χ1v) is 34.7. The predicted molar refractivity (Wildman–Crippen MR) is 326 cm³/mol. The number of hydrogen-bond donors (Lipinski definition) is 2. The Labute approximate surface area is 480 Å². The number of allylic oxidation sites excluding steroid dienone is 4. The zero-order chi connectivity index (χ0) is 56.9. The average Bonchev–Trinajstić information content (AvgIpc) is 3.43. The van der Waals surface area contributed by atoms with Crippen molar-refractivity contribution in [3.63, 3.8) is 0 Å². The summed E-state index contributed by atoms with van der Waals surface area (Å²) in [6.45, 7) is 4.71. The first-order valence-electron chi connectivity index (χ1n) is 33.2. The number of aliphatic hydroxyl groups excluding tert-OH is 1. The van der Waals surface area contributed by atoms with Crippen molar-refractivity contribution in [3.05, 3.63) is 24.3 Å². The normalized spacial score (nSPS) is 13.3. The summed E-state index contributed by atoms with van der Waals surface area (Å²) in [7, 11) is -4.75. The van der Waals surface area contributed by atoms with Crippen molar-refractivity contribution in [1.82, 2.24) is 0 Å². The minimum atomic E-state index is -4.75. The van der Waals surface area contributed by atoms with E-state index in [0.29, 0.717) is 19.3 Å². The van der Waals surface area contributed by atoms with E-state index >= 15 is 0 Å². The number of rotatable bonds is 63. The number of ether oxygens (including phenoxy) is 3. The third-order valence-corrected chi connectivity index (χ3v) is 15.8. The Morgan fingerprint density at radius 1 is 0.346 bits per heavy atom. The van der Waals surface area contributed by atoms with Gasteiger partial charge in [0.25, 0.3) is 0 Å². The highest BCUT2D eigenvalue weighted by Crippen LogP contribution is 2.43. The standard InChI is InChI=1S/C66H125O11P/c1-4-7-10-13-16-19-22-25-28-30-31-33-36-39-42-45-48-51-54-57-66(70)77-63(59-73-64(68)55-52-49-46-43-40-37-35-32-29-26-23-20-17-14-11-8-5-2)61-75-78(71,72)74-60-62(58-67)76-65(69)56-53-50-47-44-41-38-34-27-24-21-18-15-12-9-6-3/h25,27-28,34,62-63,67H,4-24,26,29-33,35-61H2,1-3H3,(H,71,72)/b28-25-,34-27-. The van der Waals surface area contributed by atoms with Gasteiger partial charge >= 0.3 is 25.7 Å². The average molecular weight is 1130 g/mol. The van der Waals surface area contributed by atoms with Crippen LogP contribution in [0.25, 0.3) is 0 Å². The minimum Gasteiger partial charge on any atom is -0.462 e. The number of unbranched alkanes of at least 4 members (excludes halogenated alkanes) is 42. The van der Waals surface area contributed by atoms with Crippen LogP contribution in [-0.4, -0.2) is 66.5 Å². The van der Waals surface area contributed by atoms with Gasteiger partial charge in [0.05, 0.1) is 19.8 Å². The summed E-state index contributed by atoms with van der Waals surface area (Å²) in [6, 6.07) is 0. The van der Waals surface area contributed by atoms with Crippen LogP contribution in [0.3, 0.4) is 0 Å². The van der Waals surface area contributed by atoms with E-state index in [1.165, 1.54) is 205 Å². The van der Waals surface area contributed by atoms with E-state index in [-0.39, 0.29) is 25.9 Å². The van der Waals surface area contributed by atoms with E-state index in [4.69, 9.17) is 23.3 Å². The molecule has 0 heterocycles. The third kappa shape index (κ3) is 58.6. The lowest BCUT2D eigenvalue weighted by atomic mass is 10.0. The summed E-state index contributed by atoms with van der Waals surface area (Å²) in [5, 5.41) is 9.85. The highest BCUT2D eigenvalue weighted by atomic mass is 31.2. The fourth-order valence-electron chi connectivity index (χ4n) is 9.76. The van der Waals surface area contributed by atoms with E-state index in [9.17, 15) is 28.9 Å². The van der Waals surface area contributed by atoms with Crippen LogP contribution in [0.4, 0.5) is 0 Å². The Hall–Kier alpha value is -2.04. The van der Waals surface area contributed by atoms with Gasteiger partial charge in [-0.15, -0.1) is 0 Å². The highest BCUT2D eigenvalue weighted by Gasteiger charge is 2.28. The van der Waals surface area contributed by atoms with Crippen LogP contribution in [0.15, 0.2) is 24.3 Å². The second-order valence-electron chi connectivity index (χ2n) is 22.6. The number of carbonyl (C=O) groups is 3. The van der Waals surface area contributed by atoms with Crippen LogP contribution in [0, 0.1) is 0 Å². The summed E-state index contributed by atoms with van der Waals surface area (Å²) in [6.07, 6.45) is 64.1. The molecule has 0 saturated carbocycles. The second-order valence-corrected chi connectivity index (χ2v) is 24.1. The molecule has 460 valence electrons. The van der Waals surface area contributed by atoms with Crippen molar-refractivity contribution in [1.29, 1.82) is 0 Å². The number of phosphoric ester groups is 1. The molecule has 0 fully saturated rings. The molecule has 0 radical (unpaired) electrons. The van der Waals surface area contributed by atoms with Gasteiger partial charge in [-0.2, -0.15) is 0 Å². The molecule has 0 aromatic rings. The Morgan fingerprint density at radius 2 is 0.590 bits per heavy atom. The van der Waals surface area contributed by atoms with E-state index in [1.54, 1.807) is 0 Å². The first-order chi connectivity index (χ1) is 38.2. The van der Waals surface area contributed by atoms with Crippen LogP contribution in [-0.2, 0) is 42.2 Å². The van der Waals surface area contributed by atoms with Gasteiger partial charge in [0.2, 0.25) is 0 Å². The Balaban J connectivity index is 4.66. The van der Waals surface area contributed by atoms with Crippen molar-refractivity contribution in [2.24, 2.45) is 0 Å². The second kappa shape index (κ2) is 61.0. The van der Waals surface area contributed by atoms with E-state index in [2.05, 4.69) is 45.1 Å². The summed E-state index contributed by atoms with van der Waals surface area (Å²) >= 11 is 0. The van der Waals surface area contributed by atoms with Gasteiger partial charge in [0, 0.05) is 19.3 Å². The summed E-state index contributed by atoms with van der Waals surface area (Å²) in [5.41, 5.74) is 0. The van der Waals surface area contributed by atoms with Crippen LogP contribution in [0.1, 0.15) is 342 Å². The molecular weight excluding hydrogens is 1000 g/mol. The number of phosphoric acid groups is 1. The minimum absolute atomic E-state index is 0.171. The van der Waals surface area contributed by atoms with Crippen LogP contribution < -0.4 is 0 Å². The molecule has 0 aromatic carbocycles. The van der Waals surface area contributed by atoms with Crippen molar-refractivity contribution in [2.45, 2.75) is 354 Å². The maximum Gasteiger partial charge on any atom is 0.472 e. The van der Waals surface area contributed by atoms with Crippen molar-refractivity contribution >= 4 is 25.7 Å². The van der Waals surface area contributed by atoms with E-state index in [1.807, 2.05) is 0 Å². The summed E-state index contributed by atoms with van der Waals surface area (Å²) in [4.78, 5) is 48.8. The summed E-state index contributed by atoms with van der Waals surface area (Å²) in [5.74, 6) is -1.44.